The number of hydrogen-bond donors (Lipinski definition) is 7. The van der Waals surface area contributed by atoms with Crippen molar-refractivity contribution >= 4 is 0 Å². The zero-order chi connectivity index (χ0) is 7.52. The molecule has 0 spiro atoms. The molecule has 10 heteroatoms. The quantitative estimate of drug-likeness (QED) is 0.245. The standard InChI is InChI=1S/C2H9N9.Fe/c3(1-4-8-9-5-1)2-6-10-11-7-2;/h1-4,6,8-11H;/q-2;+2. The second-order valence-corrected chi connectivity index (χ2v) is 1.99. The minimum absolute atomic E-state index is 0. The van der Waals surface area contributed by atoms with Crippen LogP contribution >= 0.6 is 0 Å². The minimum atomic E-state index is -0.196. The first kappa shape index (κ1) is 10.2. The summed E-state index contributed by atoms with van der Waals surface area (Å²) in [5.41, 5.74) is 23.6. The van der Waals surface area contributed by atoms with Gasteiger partial charge in [-0.05, 0) is 12.6 Å². The number of rotatable bonds is 2. The van der Waals surface area contributed by atoms with Crippen LogP contribution in [0, 0.1) is 0 Å². The van der Waals surface area contributed by atoms with E-state index < -0.39 is 0 Å². The van der Waals surface area contributed by atoms with E-state index in [4.69, 9.17) is 0 Å². The van der Waals surface area contributed by atoms with E-state index in [0.717, 1.165) is 0 Å². The number of hydrazine groups is 4. The molecule has 0 amide bonds. The van der Waals surface area contributed by atoms with Crippen LogP contribution in [0.1, 0.15) is 0 Å². The smallest absolute Gasteiger partial charge is 0.553 e. The van der Waals surface area contributed by atoms with Crippen LogP contribution < -0.4 is 38.3 Å². The maximum atomic E-state index is 3.86. The van der Waals surface area contributed by atoms with Gasteiger partial charge in [-0.2, -0.15) is 0 Å². The molecule has 9 nitrogen and oxygen atoms in total. The SMILES string of the molecule is [Fe+2].[N-]1NNNC1NC1[N-]NNN1. The van der Waals surface area contributed by atoms with E-state index >= 15 is 0 Å². The molecule has 12 heavy (non-hydrogen) atoms. The molecule has 2 atom stereocenters. The Balaban J connectivity index is 0.000000720. The summed E-state index contributed by atoms with van der Waals surface area (Å²) in [7, 11) is 0. The van der Waals surface area contributed by atoms with Crippen molar-refractivity contribution in [2.45, 2.75) is 12.6 Å². The van der Waals surface area contributed by atoms with Crippen LogP contribution in [0.15, 0.2) is 0 Å². The Morgan fingerprint density at radius 1 is 0.917 bits per heavy atom. The molecule has 0 aromatic heterocycles. The van der Waals surface area contributed by atoms with Gasteiger partial charge >= 0.3 is 17.1 Å². The zero-order valence-corrected chi connectivity index (χ0v) is 7.01. The predicted octanol–water partition coefficient (Wildman–Crippen LogP) is -3.06. The zero-order valence-electron chi connectivity index (χ0n) is 5.90. The topological polar surface area (TPSA) is 112 Å². The van der Waals surface area contributed by atoms with E-state index in [1.807, 2.05) is 0 Å². The van der Waals surface area contributed by atoms with Crippen LogP contribution in [0.3, 0.4) is 0 Å². The molecule has 0 bridgehead atoms. The molecule has 2 aliphatic rings. The van der Waals surface area contributed by atoms with Gasteiger partial charge < -0.3 is 27.2 Å². The van der Waals surface area contributed by atoms with Crippen molar-refractivity contribution in [1.82, 2.24) is 38.3 Å². The van der Waals surface area contributed by atoms with Crippen molar-refractivity contribution in [2.24, 2.45) is 0 Å². The largest absolute Gasteiger partial charge is 2.00 e. The normalized spacial score (nSPS) is 35.0. The molecule has 2 fully saturated rings. The first-order valence-electron chi connectivity index (χ1n) is 3.12. The third-order valence-electron chi connectivity index (χ3n) is 1.23. The van der Waals surface area contributed by atoms with Crippen molar-refractivity contribution in [3.05, 3.63) is 10.9 Å². The molecule has 0 aromatic carbocycles. The average molecular weight is 215 g/mol. The number of nitrogens with one attached hydrogen (secondary N) is 7. The van der Waals surface area contributed by atoms with Crippen molar-refractivity contribution < 1.29 is 17.1 Å². The van der Waals surface area contributed by atoms with E-state index in [2.05, 4.69) is 49.2 Å². The Morgan fingerprint density at radius 3 is 1.75 bits per heavy atom. The van der Waals surface area contributed by atoms with Crippen molar-refractivity contribution in [2.75, 3.05) is 0 Å². The molecule has 0 radical (unpaired) electrons. The van der Waals surface area contributed by atoms with Crippen LogP contribution in [0.5, 0.6) is 0 Å². The molecular formula is C2H9FeN9. The van der Waals surface area contributed by atoms with Crippen molar-refractivity contribution in [3.63, 3.8) is 0 Å². The third-order valence-corrected chi connectivity index (χ3v) is 1.23. The summed E-state index contributed by atoms with van der Waals surface area (Å²) in [5.74, 6) is 0. The van der Waals surface area contributed by atoms with Gasteiger partial charge in [0, 0.05) is 0 Å². The molecule has 2 aliphatic heterocycles. The van der Waals surface area contributed by atoms with Gasteiger partial charge in [-0.25, -0.2) is 21.9 Å². The molecule has 0 aliphatic carbocycles. The Morgan fingerprint density at radius 2 is 1.42 bits per heavy atom. The molecule has 2 unspecified atom stereocenters. The van der Waals surface area contributed by atoms with E-state index in [1.54, 1.807) is 0 Å². The van der Waals surface area contributed by atoms with Gasteiger partial charge in [-0.3, -0.25) is 0 Å². The number of nitrogens with zero attached hydrogens (tertiary/aromatic N) is 2. The van der Waals surface area contributed by atoms with Crippen LogP contribution in [-0.4, -0.2) is 12.6 Å². The van der Waals surface area contributed by atoms with Gasteiger partial charge in [0.25, 0.3) is 0 Å². The van der Waals surface area contributed by atoms with E-state index in [0.29, 0.717) is 0 Å². The van der Waals surface area contributed by atoms with Crippen molar-refractivity contribution in [3.8, 4) is 0 Å². The summed E-state index contributed by atoms with van der Waals surface area (Å²) in [5, 5.41) is 2.97. The van der Waals surface area contributed by atoms with Gasteiger partial charge in [0.2, 0.25) is 0 Å². The first-order valence-corrected chi connectivity index (χ1v) is 3.12. The molecule has 0 aromatic rings. The molecule has 7 N–H and O–H groups in total. The first-order chi connectivity index (χ1) is 5.45. The molecule has 2 rings (SSSR count). The monoisotopic (exact) mass is 215 g/mol. The van der Waals surface area contributed by atoms with Gasteiger partial charge in [-0.1, -0.05) is 0 Å². The van der Waals surface area contributed by atoms with Crippen LogP contribution in [0.2, 0.25) is 0 Å². The summed E-state index contributed by atoms with van der Waals surface area (Å²) < 4.78 is 0. The Hall–Kier alpha value is 0.159. The number of hydrogen-bond acceptors (Lipinski definition) is 7. The summed E-state index contributed by atoms with van der Waals surface area (Å²) in [4.78, 5) is 0. The Bertz CT molecular complexity index is 104. The third kappa shape index (κ3) is 2.58. The average Bonchev–Trinajstić information content (AvgIpc) is 2.60. The van der Waals surface area contributed by atoms with Gasteiger partial charge in [0.1, 0.15) is 0 Å². The Labute approximate surface area is 79.5 Å². The van der Waals surface area contributed by atoms with E-state index in [-0.39, 0.29) is 29.6 Å². The second kappa shape index (κ2) is 5.01. The van der Waals surface area contributed by atoms with Crippen molar-refractivity contribution in [1.29, 1.82) is 0 Å². The van der Waals surface area contributed by atoms with Crippen LogP contribution in [0.4, 0.5) is 0 Å². The summed E-state index contributed by atoms with van der Waals surface area (Å²) >= 11 is 0. The molecule has 2 saturated heterocycles. The maximum Gasteiger partial charge on any atom is 2.00 e. The summed E-state index contributed by atoms with van der Waals surface area (Å²) in [6.07, 6.45) is -0.393. The van der Waals surface area contributed by atoms with E-state index in [9.17, 15) is 0 Å². The minimum Gasteiger partial charge on any atom is -0.553 e. The fourth-order valence-electron chi connectivity index (χ4n) is 0.767. The maximum absolute atomic E-state index is 3.86. The molecule has 70 valence electrons. The molecule has 2 heterocycles. The summed E-state index contributed by atoms with van der Waals surface area (Å²) in [6.45, 7) is 0. The fourth-order valence-corrected chi connectivity index (χ4v) is 0.767. The van der Waals surface area contributed by atoms with Gasteiger partial charge in [-0.15, -0.1) is 0 Å². The molecule has 0 saturated carbocycles. The predicted molar refractivity (Wildman–Crippen MR) is 36.2 cm³/mol. The van der Waals surface area contributed by atoms with Gasteiger partial charge in [0.15, 0.2) is 0 Å². The molecular weight excluding hydrogens is 206 g/mol. The Kier molecular flexibility index (Phi) is 4.28. The summed E-state index contributed by atoms with van der Waals surface area (Å²) in [6, 6.07) is 0. The van der Waals surface area contributed by atoms with Crippen LogP contribution in [-0.2, 0) is 17.1 Å². The van der Waals surface area contributed by atoms with Crippen LogP contribution in [0.25, 0.3) is 10.9 Å². The fraction of sp³-hybridized carbons (Fsp3) is 1.00. The van der Waals surface area contributed by atoms with Gasteiger partial charge in [0.05, 0.1) is 0 Å². The van der Waals surface area contributed by atoms with E-state index in [1.165, 1.54) is 0 Å². The second-order valence-electron chi connectivity index (χ2n) is 1.99.